The average Bonchev–Trinajstić information content (AvgIpc) is 2.85. The predicted octanol–water partition coefficient (Wildman–Crippen LogP) is 3.69. The topological polar surface area (TPSA) is 30.7 Å². The molecule has 0 aliphatic carbocycles. The lowest BCUT2D eigenvalue weighted by Gasteiger charge is -2.04. The molecule has 100 valence electrons. The Morgan fingerprint density at radius 1 is 1.05 bits per heavy atom. The summed E-state index contributed by atoms with van der Waals surface area (Å²) in [5.74, 6) is 0.540. The van der Waals surface area contributed by atoms with Crippen LogP contribution in [0.4, 0.5) is 4.39 Å². The molecule has 0 aliphatic rings. The van der Waals surface area contributed by atoms with Crippen LogP contribution in [0, 0.1) is 19.7 Å². The quantitative estimate of drug-likeness (QED) is 0.709. The van der Waals surface area contributed by atoms with E-state index < -0.39 is 0 Å². The highest BCUT2D eigenvalue weighted by atomic mass is 19.1. The van der Waals surface area contributed by atoms with Gasteiger partial charge in [-0.1, -0.05) is 18.2 Å². The van der Waals surface area contributed by atoms with Crippen molar-refractivity contribution in [2.75, 3.05) is 0 Å². The first kappa shape index (κ1) is 12.5. The number of benzene rings is 1. The van der Waals surface area contributed by atoms with Crippen molar-refractivity contribution in [2.24, 2.45) is 0 Å². The molecule has 2 heterocycles. The van der Waals surface area contributed by atoms with Crippen molar-refractivity contribution < 1.29 is 4.39 Å². The molecule has 3 nitrogen and oxygen atoms in total. The van der Waals surface area contributed by atoms with Gasteiger partial charge in [0.2, 0.25) is 0 Å². The summed E-state index contributed by atoms with van der Waals surface area (Å²) < 4.78 is 15.4. The molecule has 0 atom stereocenters. The molecule has 0 aliphatic heterocycles. The summed E-state index contributed by atoms with van der Waals surface area (Å²) >= 11 is 0. The number of hydrogen-bond donors (Lipinski definition) is 0. The van der Waals surface area contributed by atoms with Crippen LogP contribution in [0.1, 0.15) is 11.3 Å². The summed E-state index contributed by atoms with van der Waals surface area (Å²) in [7, 11) is 0. The van der Waals surface area contributed by atoms with Crippen LogP contribution >= 0.6 is 0 Å². The zero-order valence-corrected chi connectivity index (χ0v) is 11.3. The Hall–Kier alpha value is -2.49. The van der Waals surface area contributed by atoms with Gasteiger partial charge in [-0.05, 0) is 43.7 Å². The lowest BCUT2D eigenvalue weighted by molar-refractivity contribution is 0.619. The summed E-state index contributed by atoms with van der Waals surface area (Å²) in [6.45, 7) is 3.72. The fourth-order valence-corrected chi connectivity index (χ4v) is 2.20. The first-order chi connectivity index (χ1) is 9.66. The van der Waals surface area contributed by atoms with E-state index in [1.54, 1.807) is 23.9 Å². The Kier molecular flexibility index (Phi) is 3.06. The van der Waals surface area contributed by atoms with Gasteiger partial charge in [0.1, 0.15) is 5.82 Å². The van der Waals surface area contributed by atoms with E-state index in [4.69, 9.17) is 0 Å². The van der Waals surface area contributed by atoms with Crippen LogP contribution in [0.2, 0.25) is 0 Å². The van der Waals surface area contributed by atoms with E-state index in [9.17, 15) is 4.39 Å². The van der Waals surface area contributed by atoms with Crippen LogP contribution in [0.15, 0.2) is 48.7 Å². The second-order valence-corrected chi connectivity index (χ2v) is 4.68. The molecule has 0 radical (unpaired) electrons. The molecule has 0 unspecified atom stereocenters. The molecule has 0 saturated carbocycles. The predicted molar refractivity (Wildman–Crippen MR) is 76.2 cm³/mol. The van der Waals surface area contributed by atoms with Crippen LogP contribution in [0.3, 0.4) is 0 Å². The highest BCUT2D eigenvalue weighted by molar-refractivity contribution is 5.64. The van der Waals surface area contributed by atoms with E-state index in [0.29, 0.717) is 5.56 Å². The molecule has 20 heavy (non-hydrogen) atoms. The molecular formula is C16H14FN3. The first-order valence-electron chi connectivity index (χ1n) is 6.40. The molecule has 0 fully saturated rings. The molecule has 1 aromatic carbocycles. The van der Waals surface area contributed by atoms with Crippen LogP contribution < -0.4 is 0 Å². The Morgan fingerprint density at radius 2 is 1.90 bits per heavy atom. The SMILES string of the molecule is Cc1c(F)cccc1-c1cc(C)n(-c2ccccn2)n1. The molecule has 0 N–H and O–H groups in total. The molecule has 0 bridgehead atoms. The zero-order valence-electron chi connectivity index (χ0n) is 11.3. The zero-order chi connectivity index (χ0) is 14.1. The lowest BCUT2D eigenvalue weighted by Crippen LogP contribution is -2.01. The third-order valence-corrected chi connectivity index (χ3v) is 3.30. The maximum Gasteiger partial charge on any atom is 0.153 e. The Bertz CT molecular complexity index is 748. The summed E-state index contributed by atoms with van der Waals surface area (Å²) in [5.41, 5.74) is 3.13. The number of halogens is 1. The van der Waals surface area contributed by atoms with Crippen molar-refractivity contribution in [3.05, 3.63) is 65.7 Å². The van der Waals surface area contributed by atoms with Crippen LogP contribution in [-0.2, 0) is 0 Å². The minimum Gasteiger partial charge on any atom is -0.237 e. The van der Waals surface area contributed by atoms with Crippen molar-refractivity contribution >= 4 is 0 Å². The van der Waals surface area contributed by atoms with Crippen LogP contribution in [0.5, 0.6) is 0 Å². The minimum atomic E-state index is -0.215. The van der Waals surface area contributed by atoms with Crippen molar-refractivity contribution in [1.29, 1.82) is 0 Å². The summed E-state index contributed by atoms with van der Waals surface area (Å²) in [6, 6.07) is 12.6. The van der Waals surface area contributed by atoms with Crippen molar-refractivity contribution in [1.82, 2.24) is 14.8 Å². The number of hydrogen-bond acceptors (Lipinski definition) is 2. The van der Waals surface area contributed by atoms with Crippen LogP contribution in [0.25, 0.3) is 17.1 Å². The van der Waals surface area contributed by atoms with Crippen molar-refractivity contribution in [3.63, 3.8) is 0 Å². The monoisotopic (exact) mass is 267 g/mol. The first-order valence-corrected chi connectivity index (χ1v) is 6.40. The fraction of sp³-hybridized carbons (Fsp3) is 0.125. The smallest absolute Gasteiger partial charge is 0.153 e. The highest BCUT2D eigenvalue weighted by Crippen LogP contribution is 2.25. The third-order valence-electron chi connectivity index (χ3n) is 3.30. The number of aromatic nitrogens is 3. The molecular weight excluding hydrogens is 253 g/mol. The van der Waals surface area contributed by atoms with E-state index in [-0.39, 0.29) is 5.82 Å². The fourth-order valence-electron chi connectivity index (χ4n) is 2.20. The Balaban J connectivity index is 2.12. The van der Waals surface area contributed by atoms with Gasteiger partial charge < -0.3 is 0 Å². The van der Waals surface area contributed by atoms with Gasteiger partial charge >= 0.3 is 0 Å². The van der Waals surface area contributed by atoms with E-state index in [1.807, 2.05) is 37.3 Å². The maximum atomic E-state index is 13.6. The van der Waals surface area contributed by atoms with E-state index in [2.05, 4.69) is 10.1 Å². The number of pyridine rings is 1. The minimum absolute atomic E-state index is 0.215. The van der Waals surface area contributed by atoms with Crippen LogP contribution in [-0.4, -0.2) is 14.8 Å². The second kappa shape index (κ2) is 4.89. The Morgan fingerprint density at radius 3 is 2.65 bits per heavy atom. The van der Waals surface area contributed by atoms with Gasteiger partial charge in [-0.25, -0.2) is 14.1 Å². The normalized spacial score (nSPS) is 10.8. The second-order valence-electron chi connectivity index (χ2n) is 4.68. The molecule has 4 heteroatoms. The Labute approximate surface area is 116 Å². The highest BCUT2D eigenvalue weighted by Gasteiger charge is 2.12. The van der Waals surface area contributed by atoms with E-state index in [1.165, 1.54) is 6.07 Å². The summed E-state index contributed by atoms with van der Waals surface area (Å²) in [6.07, 6.45) is 1.73. The molecule has 0 saturated heterocycles. The summed E-state index contributed by atoms with van der Waals surface area (Å²) in [4.78, 5) is 4.28. The molecule has 3 rings (SSSR count). The van der Waals surface area contributed by atoms with Crippen molar-refractivity contribution in [2.45, 2.75) is 13.8 Å². The molecule has 0 amide bonds. The largest absolute Gasteiger partial charge is 0.237 e. The number of rotatable bonds is 2. The standard InChI is InChI=1S/C16H14FN3/c1-11-10-15(13-6-5-7-14(17)12(13)2)19-20(11)16-8-3-4-9-18-16/h3-10H,1-2H3. The lowest BCUT2D eigenvalue weighted by atomic mass is 10.1. The van der Waals surface area contributed by atoms with Gasteiger partial charge in [0, 0.05) is 17.5 Å². The third kappa shape index (κ3) is 2.09. The number of nitrogens with zero attached hydrogens (tertiary/aromatic N) is 3. The molecule has 3 aromatic rings. The molecule has 2 aromatic heterocycles. The van der Waals surface area contributed by atoms with Gasteiger partial charge in [0.25, 0.3) is 0 Å². The van der Waals surface area contributed by atoms with Gasteiger partial charge in [0.05, 0.1) is 5.69 Å². The van der Waals surface area contributed by atoms with E-state index >= 15 is 0 Å². The van der Waals surface area contributed by atoms with Gasteiger partial charge in [0.15, 0.2) is 5.82 Å². The average molecular weight is 267 g/mol. The van der Waals surface area contributed by atoms with Gasteiger partial charge in [-0.3, -0.25) is 0 Å². The maximum absolute atomic E-state index is 13.6. The molecule has 0 spiro atoms. The summed E-state index contributed by atoms with van der Waals surface area (Å²) in [5, 5.41) is 4.54. The van der Waals surface area contributed by atoms with Gasteiger partial charge in [-0.2, -0.15) is 5.10 Å². The van der Waals surface area contributed by atoms with Crippen molar-refractivity contribution in [3.8, 4) is 17.1 Å². The van der Waals surface area contributed by atoms with Gasteiger partial charge in [-0.15, -0.1) is 0 Å². The van der Waals surface area contributed by atoms with E-state index in [0.717, 1.165) is 22.8 Å². The number of aryl methyl sites for hydroxylation is 1.